The van der Waals surface area contributed by atoms with Crippen LogP contribution < -0.4 is 4.90 Å². The Morgan fingerprint density at radius 1 is 1.20 bits per heavy atom. The van der Waals surface area contributed by atoms with Crippen molar-refractivity contribution < 1.29 is 4.74 Å². The number of benzene rings is 1. The summed E-state index contributed by atoms with van der Waals surface area (Å²) < 4.78 is 5.27. The van der Waals surface area contributed by atoms with Gasteiger partial charge in [0.25, 0.3) is 0 Å². The third kappa shape index (κ3) is 3.48. The summed E-state index contributed by atoms with van der Waals surface area (Å²) in [5.41, 5.74) is 2.71. The Labute approximate surface area is 154 Å². The molecule has 5 heteroatoms. The van der Waals surface area contributed by atoms with Crippen molar-refractivity contribution in [1.29, 1.82) is 0 Å². The van der Waals surface area contributed by atoms with Gasteiger partial charge in [-0.2, -0.15) is 0 Å². The second kappa shape index (κ2) is 7.10. The highest BCUT2D eigenvalue weighted by atomic mass is 35.5. The van der Waals surface area contributed by atoms with E-state index in [4.69, 9.17) is 16.3 Å². The summed E-state index contributed by atoms with van der Waals surface area (Å²) in [5, 5.41) is 1.95. The molecule has 1 aromatic carbocycles. The van der Waals surface area contributed by atoms with Gasteiger partial charge in [-0.1, -0.05) is 11.6 Å². The van der Waals surface area contributed by atoms with Gasteiger partial charge in [0.2, 0.25) is 0 Å². The molecule has 1 atom stereocenters. The van der Waals surface area contributed by atoms with Gasteiger partial charge in [-0.05, 0) is 50.1 Å². The predicted molar refractivity (Wildman–Crippen MR) is 104 cm³/mol. The lowest BCUT2D eigenvalue weighted by Crippen LogP contribution is -2.45. The summed E-state index contributed by atoms with van der Waals surface area (Å²) in [5.74, 6) is 0. The molecule has 0 bridgehead atoms. The molecule has 2 fully saturated rings. The number of nitrogens with zero attached hydrogens (tertiary/aromatic N) is 3. The van der Waals surface area contributed by atoms with E-state index in [2.05, 4.69) is 26.9 Å². The van der Waals surface area contributed by atoms with Gasteiger partial charge in [0, 0.05) is 61.0 Å². The molecule has 2 aromatic rings. The Hall–Kier alpha value is -1.36. The lowest BCUT2D eigenvalue weighted by molar-refractivity contribution is 0.0756. The molecule has 134 valence electrons. The average molecular weight is 360 g/mol. The number of aromatic nitrogens is 1. The van der Waals surface area contributed by atoms with Gasteiger partial charge < -0.3 is 14.5 Å². The number of ether oxygens (including phenoxy) is 1. The Balaban J connectivity index is 1.54. The van der Waals surface area contributed by atoms with Crippen LogP contribution in [0.1, 0.15) is 19.3 Å². The summed E-state index contributed by atoms with van der Waals surface area (Å²) in [6.45, 7) is 6.55. The van der Waals surface area contributed by atoms with Gasteiger partial charge in [-0.25, -0.2) is 0 Å². The van der Waals surface area contributed by atoms with Crippen molar-refractivity contribution in [3.8, 4) is 0 Å². The molecule has 2 aliphatic rings. The molecule has 0 unspecified atom stereocenters. The third-order valence-electron chi connectivity index (χ3n) is 5.81. The van der Waals surface area contributed by atoms with E-state index in [0.29, 0.717) is 5.41 Å². The smallest absolute Gasteiger partial charge is 0.0737 e. The van der Waals surface area contributed by atoms with Crippen molar-refractivity contribution in [2.45, 2.75) is 19.3 Å². The topological polar surface area (TPSA) is 28.6 Å². The Morgan fingerprint density at radius 3 is 3.00 bits per heavy atom. The van der Waals surface area contributed by atoms with E-state index in [1.165, 1.54) is 43.4 Å². The first-order valence-corrected chi connectivity index (χ1v) is 9.57. The molecule has 0 N–H and O–H groups in total. The van der Waals surface area contributed by atoms with E-state index in [0.717, 1.165) is 36.8 Å². The van der Waals surface area contributed by atoms with Crippen molar-refractivity contribution in [2.24, 2.45) is 5.41 Å². The molecule has 3 heterocycles. The van der Waals surface area contributed by atoms with Crippen LogP contribution in [0.4, 0.5) is 5.69 Å². The third-order valence-corrected chi connectivity index (χ3v) is 6.05. The SMILES string of the molecule is COCCN1CCC[C@@]2(CCN(c3ccnc4cc(Cl)ccc34)C2)C1. The lowest BCUT2D eigenvalue weighted by atomic mass is 9.79. The van der Waals surface area contributed by atoms with Gasteiger partial charge in [0.05, 0.1) is 12.1 Å². The monoisotopic (exact) mass is 359 g/mol. The summed E-state index contributed by atoms with van der Waals surface area (Å²) >= 11 is 6.14. The molecule has 0 saturated carbocycles. The van der Waals surface area contributed by atoms with E-state index < -0.39 is 0 Å². The van der Waals surface area contributed by atoms with Crippen LogP contribution in [0, 0.1) is 5.41 Å². The van der Waals surface area contributed by atoms with Crippen LogP contribution in [0.2, 0.25) is 5.02 Å². The van der Waals surface area contributed by atoms with E-state index in [1.807, 2.05) is 18.3 Å². The number of piperidine rings is 1. The summed E-state index contributed by atoms with van der Waals surface area (Å²) in [6.07, 6.45) is 5.81. The zero-order valence-electron chi connectivity index (χ0n) is 14.9. The number of pyridine rings is 1. The number of anilines is 1. The first-order valence-electron chi connectivity index (χ1n) is 9.20. The second-order valence-corrected chi connectivity index (χ2v) is 7.97. The van der Waals surface area contributed by atoms with Gasteiger partial charge in [-0.15, -0.1) is 0 Å². The molecule has 25 heavy (non-hydrogen) atoms. The standard InChI is InChI=1S/C20H26ClN3O/c1-25-12-11-23-9-2-6-20(14-23)7-10-24(15-20)19-5-8-22-18-13-16(21)3-4-17(18)19/h3-5,8,13H,2,6-7,9-12,14-15H2,1H3/t20-/m1/s1. The van der Waals surface area contributed by atoms with E-state index in [1.54, 1.807) is 7.11 Å². The van der Waals surface area contributed by atoms with Crippen LogP contribution in [-0.4, -0.2) is 56.3 Å². The zero-order chi connectivity index (χ0) is 17.3. The van der Waals surface area contributed by atoms with E-state index in [9.17, 15) is 0 Å². The van der Waals surface area contributed by atoms with Crippen molar-refractivity contribution in [3.05, 3.63) is 35.5 Å². The highest BCUT2D eigenvalue weighted by Gasteiger charge is 2.41. The summed E-state index contributed by atoms with van der Waals surface area (Å²) in [6, 6.07) is 8.19. The number of rotatable bonds is 4. The van der Waals surface area contributed by atoms with Crippen molar-refractivity contribution >= 4 is 28.2 Å². The van der Waals surface area contributed by atoms with Crippen LogP contribution in [-0.2, 0) is 4.74 Å². The fourth-order valence-electron chi connectivity index (χ4n) is 4.58. The van der Waals surface area contributed by atoms with Gasteiger partial charge >= 0.3 is 0 Å². The van der Waals surface area contributed by atoms with Crippen LogP contribution >= 0.6 is 11.6 Å². The first-order chi connectivity index (χ1) is 12.2. The average Bonchev–Trinajstić information content (AvgIpc) is 3.02. The number of likely N-dealkylation sites (tertiary alicyclic amines) is 1. The fraction of sp³-hybridized carbons (Fsp3) is 0.550. The Morgan fingerprint density at radius 2 is 2.12 bits per heavy atom. The normalized spacial score (nSPS) is 24.5. The lowest BCUT2D eigenvalue weighted by Gasteiger charge is -2.40. The number of halogens is 1. The quantitative estimate of drug-likeness (QED) is 0.829. The Bertz CT molecular complexity index is 753. The molecule has 4 nitrogen and oxygen atoms in total. The van der Waals surface area contributed by atoms with Crippen LogP contribution in [0.25, 0.3) is 10.9 Å². The maximum atomic E-state index is 6.14. The molecular formula is C20H26ClN3O. The molecule has 1 spiro atoms. The molecule has 1 aromatic heterocycles. The van der Waals surface area contributed by atoms with E-state index >= 15 is 0 Å². The van der Waals surface area contributed by atoms with E-state index in [-0.39, 0.29) is 0 Å². The second-order valence-electron chi connectivity index (χ2n) is 7.54. The molecular weight excluding hydrogens is 334 g/mol. The van der Waals surface area contributed by atoms with Gasteiger partial charge in [-0.3, -0.25) is 4.98 Å². The zero-order valence-corrected chi connectivity index (χ0v) is 15.6. The largest absolute Gasteiger partial charge is 0.383 e. The first kappa shape index (κ1) is 17.1. The Kier molecular flexibility index (Phi) is 4.85. The highest BCUT2D eigenvalue weighted by molar-refractivity contribution is 6.31. The minimum atomic E-state index is 0.425. The van der Waals surface area contributed by atoms with Crippen LogP contribution in [0.5, 0.6) is 0 Å². The fourth-order valence-corrected chi connectivity index (χ4v) is 4.74. The van der Waals surface area contributed by atoms with Crippen molar-refractivity contribution in [2.75, 3.05) is 51.3 Å². The number of fused-ring (bicyclic) bond motifs is 1. The van der Waals surface area contributed by atoms with Gasteiger partial charge in [0.1, 0.15) is 0 Å². The maximum Gasteiger partial charge on any atom is 0.0737 e. The summed E-state index contributed by atoms with van der Waals surface area (Å²) in [4.78, 5) is 9.63. The molecule has 0 aliphatic carbocycles. The molecule has 4 rings (SSSR count). The number of hydrogen-bond donors (Lipinski definition) is 0. The number of hydrogen-bond acceptors (Lipinski definition) is 4. The summed E-state index contributed by atoms with van der Waals surface area (Å²) in [7, 11) is 1.79. The minimum Gasteiger partial charge on any atom is -0.383 e. The molecule has 0 radical (unpaired) electrons. The van der Waals surface area contributed by atoms with Crippen molar-refractivity contribution in [3.63, 3.8) is 0 Å². The van der Waals surface area contributed by atoms with Crippen LogP contribution in [0.3, 0.4) is 0 Å². The maximum absolute atomic E-state index is 6.14. The predicted octanol–water partition coefficient (Wildman–Crippen LogP) is 3.83. The van der Waals surface area contributed by atoms with Crippen molar-refractivity contribution in [1.82, 2.24) is 9.88 Å². The molecule has 0 amide bonds. The highest BCUT2D eigenvalue weighted by Crippen LogP contribution is 2.42. The minimum absolute atomic E-state index is 0.425. The van der Waals surface area contributed by atoms with Crippen LogP contribution in [0.15, 0.2) is 30.5 Å². The molecule has 2 aliphatic heterocycles. The number of methoxy groups -OCH3 is 1. The van der Waals surface area contributed by atoms with Gasteiger partial charge in [0.15, 0.2) is 0 Å². The molecule has 2 saturated heterocycles.